The molecule has 2 rings (SSSR count). The fourth-order valence-corrected chi connectivity index (χ4v) is 2.75. The number of carbonyl (C=O) groups excluding carboxylic acids is 1. The Hall–Kier alpha value is -2.61. The van der Waals surface area contributed by atoms with Crippen molar-refractivity contribution in [3.63, 3.8) is 0 Å². The van der Waals surface area contributed by atoms with Crippen LogP contribution in [0.2, 0.25) is 0 Å². The average molecular weight is 334 g/mol. The number of nitrogens with zero attached hydrogens (tertiary/aromatic N) is 2. The van der Waals surface area contributed by atoms with Gasteiger partial charge in [0.1, 0.15) is 16.4 Å². The minimum atomic E-state index is -0.339. The lowest BCUT2D eigenvalue weighted by Gasteiger charge is -2.06. The zero-order chi connectivity index (χ0) is 16.8. The summed E-state index contributed by atoms with van der Waals surface area (Å²) in [4.78, 5) is 16.7. The molecule has 3 N–H and O–H groups in total. The third kappa shape index (κ3) is 3.98. The van der Waals surface area contributed by atoms with E-state index in [-0.39, 0.29) is 5.91 Å². The van der Waals surface area contributed by atoms with Gasteiger partial charge in [0.25, 0.3) is 5.91 Å². The van der Waals surface area contributed by atoms with Gasteiger partial charge >= 0.3 is 0 Å². The molecule has 1 amide bonds. The number of anilines is 1. The van der Waals surface area contributed by atoms with Gasteiger partial charge in [0.15, 0.2) is 5.13 Å². The van der Waals surface area contributed by atoms with Crippen LogP contribution in [0.5, 0.6) is 11.5 Å². The molecule has 0 spiro atoms. The van der Waals surface area contributed by atoms with Crippen LogP contribution in [-0.4, -0.2) is 31.3 Å². The summed E-state index contributed by atoms with van der Waals surface area (Å²) in [5.41, 5.74) is 9.47. The molecule has 0 bridgehead atoms. The summed E-state index contributed by atoms with van der Waals surface area (Å²) in [7, 11) is 3.14. The van der Waals surface area contributed by atoms with E-state index >= 15 is 0 Å². The number of benzene rings is 1. The smallest absolute Gasteiger partial charge is 0.283 e. The lowest BCUT2D eigenvalue weighted by Crippen LogP contribution is -2.17. The Morgan fingerprint density at radius 3 is 2.87 bits per heavy atom. The molecule has 2 aromatic rings. The average Bonchev–Trinajstić information content (AvgIpc) is 2.95. The van der Waals surface area contributed by atoms with Crippen LogP contribution in [0, 0.1) is 0 Å². The monoisotopic (exact) mass is 334 g/mol. The predicted octanol–water partition coefficient (Wildman–Crippen LogP) is 2.07. The van der Waals surface area contributed by atoms with Crippen molar-refractivity contribution in [3.8, 4) is 11.5 Å². The van der Waals surface area contributed by atoms with Gasteiger partial charge in [-0.05, 0) is 24.6 Å². The van der Waals surface area contributed by atoms with Crippen LogP contribution in [0.15, 0.2) is 23.3 Å². The van der Waals surface area contributed by atoms with Crippen molar-refractivity contribution < 1.29 is 14.3 Å². The molecule has 0 aliphatic heterocycles. The van der Waals surface area contributed by atoms with E-state index < -0.39 is 0 Å². The Bertz CT molecular complexity index is 728. The van der Waals surface area contributed by atoms with Gasteiger partial charge in [-0.2, -0.15) is 5.10 Å². The number of rotatable bonds is 6. The Morgan fingerprint density at radius 2 is 2.22 bits per heavy atom. The normalized spacial score (nSPS) is 10.7. The maximum absolute atomic E-state index is 12.1. The van der Waals surface area contributed by atoms with Crippen LogP contribution in [-0.2, 0) is 6.42 Å². The standard InChI is InChI=1S/C15H18N4O3S/c1-4-11-13(23-15(16)18-11)14(20)19-17-8-9-7-10(21-2)5-6-12(9)22-3/h5-8H,4H2,1-3H3,(H2,16,18)(H,19,20). The summed E-state index contributed by atoms with van der Waals surface area (Å²) in [6.45, 7) is 1.91. The summed E-state index contributed by atoms with van der Waals surface area (Å²) in [6.07, 6.45) is 2.12. The summed E-state index contributed by atoms with van der Waals surface area (Å²) in [6, 6.07) is 5.31. The third-order valence-electron chi connectivity index (χ3n) is 3.06. The Labute approximate surface area is 138 Å². The molecule has 7 nitrogen and oxygen atoms in total. The number of nitrogens with two attached hydrogens (primary N) is 1. The van der Waals surface area contributed by atoms with E-state index in [9.17, 15) is 4.79 Å². The Balaban J connectivity index is 2.13. The molecule has 0 unspecified atom stereocenters. The van der Waals surface area contributed by atoms with Crippen molar-refractivity contribution in [1.82, 2.24) is 10.4 Å². The maximum atomic E-state index is 12.1. The van der Waals surface area contributed by atoms with Gasteiger partial charge < -0.3 is 15.2 Å². The zero-order valence-electron chi connectivity index (χ0n) is 13.1. The van der Waals surface area contributed by atoms with E-state index in [0.717, 1.165) is 11.3 Å². The summed E-state index contributed by atoms with van der Waals surface area (Å²) < 4.78 is 10.4. The van der Waals surface area contributed by atoms with Gasteiger partial charge in [0.05, 0.1) is 26.1 Å². The van der Waals surface area contributed by atoms with Crippen molar-refractivity contribution in [2.24, 2.45) is 5.10 Å². The SMILES string of the molecule is CCc1nc(N)sc1C(=O)NN=Cc1cc(OC)ccc1OC. The Morgan fingerprint density at radius 1 is 1.43 bits per heavy atom. The van der Waals surface area contributed by atoms with E-state index in [1.165, 1.54) is 6.21 Å². The molecule has 1 heterocycles. The number of thiazole rings is 1. The highest BCUT2D eigenvalue weighted by Gasteiger charge is 2.15. The highest BCUT2D eigenvalue weighted by atomic mass is 32.1. The number of hydrogen-bond donors (Lipinski definition) is 2. The predicted molar refractivity (Wildman–Crippen MR) is 90.5 cm³/mol. The summed E-state index contributed by atoms with van der Waals surface area (Å²) >= 11 is 1.14. The van der Waals surface area contributed by atoms with Gasteiger partial charge in [-0.1, -0.05) is 18.3 Å². The Kier molecular flexibility index (Phi) is 5.53. The number of nitrogen functional groups attached to an aromatic ring is 1. The van der Waals surface area contributed by atoms with Crippen molar-refractivity contribution in [3.05, 3.63) is 34.3 Å². The molecule has 0 radical (unpaired) electrons. The van der Waals surface area contributed by atoms with Crippen LogP contribution in [0.1, 0.15) is 27.9 Å². The highest BCUT2D eigenvalue weighted by molar-refractivity contribution is 7.17. The number of carbonyl (C=O) groups is 1. The quantitative estimate of drug-likeness (QED) is 0.622. The topological polar surface area (TPSA) is 98.8 Å². The van der Waals surface area contributed by atoms with Gasteiger partial charge in [-0.25, -0.2) is 10.4 Å². The van der Waals surface area contributed by atoms with Crippen LogP contribution >= 0.6 is 11.3 Å². The summed E-state index contributed by atoms with van der Waals surface area (Å²) in [5.74, 6) is 0.955. The molecule has 1 aromatic carbocycles. The van der Waals surface area contributed by atoms with Crippen LogP contribution < -0.4 is 20.6 Å². The molecule has 0 fully saturated rings. The van der Waals surface area contributed by atoms with Crippen LogP contribution in [0.3, 0.4) is 0 Å². The lowest BCUT2D eigenvalue weighted by molar-refractivity contribution is 0.0958. The van der Waals surface area contributed by atoms with E-state index in [4.69, 9.17) is 15.2 Å². The number of hydrazone groups is 1. The number of ether oxygens (including phenoxy) is 2. The fourth-order valence-electron chi connectivity index (χ4n) is 1.94. The molecule has 0 saturated carbocycles. The number of methoxy groups -OCH3 is 2. The van der Waals surface area contributed by atoms with Crippen LogP contribution in [0.4, 0.5) is 5.13 Å². The van der Waals surface area contributed by atoms with Gasteiger partial charge in [0, 0.05) is 5.56 Å². The maximum Gasteiger partial charge on any atom is 0.283 e. The molecule has 8 heteroatoms. The number of nitrogens with one attached hydrogen (secondary N) is 1. The first kappa shape index (κ1) is 16.8. The second kappa shape index (κ2) is 7.59. The van der Waals surface area contributed by atoms with Gasteiger partial charge in [0.2, 0.25) is 0 Å². The van der Waals surface area contributed by atoms with Gasteiger partial charge in [-0.15, -0.1) is 0 Å². The molecule has 0 aliphatic carbocycles. The molecule has 122 valence electrons. The molecule has 1 aromatic heterocycles. The molecular formula is C15H18N4O3S. The number of aromatic nitrogens is 1. The van der Waals surface area contributed by atoms with E-state index in [1.807, 2.05) is 6.92 Å². The second-order valence-electron chi connectivity index (χ2n) is 4.49. The molecule has 23 heavy (non-hydrogen) atoms. The summed E-state index contributed by atoms with van der Waals surface area (Å²) in [5, 5.41) is 4.33. The molecule has 0 atom stereocenters. The largest absolute Gasteiger partial charge is 0.497 e. The third-order valence-corrected chi connectivity index (χ3v) is 3.99. The minimum absolute atomic E-state index is 0.339. The number of hydrogen-bond acceptors (Lipinski definition) is 7. The molecular weight excluding hydrogens is 316 g/mol. The van der Waals surface area contributed by atoms with E-state index in [0.29, 0.717) is 39.2 Å². The minimum Gasteiger partial charge on any atom is -0.497 e. The molecule has 0 aliphatic rings. The van der Waals surface area contributed by atoms with Crippen molar-refractivity contribution >= 4 is 28.6 Å². The van der Waals surface area contributed by atoms with Crippen molar-refractivity contribution in [2.45, 2.75) is 13.3 Å². The van der Waals surface area contributed by atoms with Crippen molar-refractivity contribution in [1.29, 1.82) is 0 Å². The number of aryl methyl sites for hydroxylation is 1. The first-order valence-corrected chi connectivity index (χ1v) is 7.71. The first-order valence-electron chi connectivity index (χ1n) is 6.89. The zero-order valence-corrected chi connectivity index (χ0v) is 13.9. The van der Waals surface area contributed by atoms with E-state index in [1.54, 1.807) is 32.4 Å². The van der Waals surface area contributed by atoms with Crippen molar-refractivity contribution in [2.75, 3.05) is 20.0 Å². The molecule has 0 saturated heterocycles. The number of amides is 1. The van der Waals surface area contributed by atoms with E-state index in [2.05, 4.69) is 15.5 Å². The fraction of sp³-hybridized carbons (Fsp3) is 0.267. The first-order chi connectivity index (χ1) is 11.1. The second-order valence-corrected chi connectivity index (χ2v) is 5.52. The van der Waals surface area contributed by atoms with Crippen LogP contribution in [0.25, 0.3) is 0 Å². The highest BCUT2D eigenvalue weighted by Crippen LogP contribution is 2.23. The van der Waals surface area contributed by atoms with Gasteiger partial charge in [-0.3, -0.25) is 4.79 Å². The lowest BCUT2D eigenvalue weighted by atomic mass is 10.2.